The average molecular weight is 265 g/mol. The molecular formula is C16H27NO2. The third-order valence-corrected chi connectivity index (χ3v) is 4.88. The summed E-state index contributed by atoms with van der Waals surface area (Å²) in [5.74, 6) is 0.488. The van der Waals surface area contributed by atoms with Gasteiger partial charge in [0.1, 0.15) is 5.78 Å². The molecule has 1 heterocycles. The maximum Gasteiger partial charge on any atom is 0.227 e. The standard InChI is InChI=1S/C16H27NO2/c1-8-9-13-11(2)10-14(19)17(13)16(6,7)15(4,5)12(3)18/h9,11H,8,10H2,1-7H3/b13-9-. The van der Waals surface area contributed by atoms with E-state index in [1.165, 1.54) is 0 Å². The number of hydrogen-bond acceptors (Lipinski definition) is 2. The molecule has 0 aromatic heterocycles. The summed E-state index contributed by atoms with van der Waals surface area (Å²) in [6.45, 7) is 13.6. The Kier molecular flexibility index (Phi) is 4.28. The minimum Gasteiger partial charge on any atom is -0.310 e. The quantitative estimate of drug-likeness (QED) is 0.779. The van der Waals surface area contributed by atoms with Crippen LogP contribution >= 0.6 is 0 Å². The number of allylic oxidation sites excluding steroid dienone is 2. The summed E-state index contributed by atoms with van der Waals surface area (Å²) in [4.78, 5) is 26.2. The predicted molar refractivity (Wildman–Crippen MR) is 77.5 cm³/mol. The summed E-state index contributed by atoms with van der Waals surface area (Å²) in [7, 11) is 0. The number of carbonyl (C=O) groups excluding carboxylic acids is 2. The van der Waals surface area contributed by atoms with Gasteiger partial charge in [-0.2, -0.15) is 0 Å². The molecule has 1 rings (SSSR count). The van der Waals surface area contributed by atoms with Gasteiger partial charge in [-0.3, -0.25) is 9.59 Å². The summed E-state index contributed by atoms with van der Waals surface area (Å²) in [6.07, 6.45) is 3.57. The van der Waals surface area contributed by atoms with Gasteiger partial charge in [-0.15, -0.1) is 0 Å². The maximum absolute atomic E-state index is 12.4. The Hall–Kier alpha value is -1.12. The van der Waals surface area contributed by atoms with Crippen LogP contribution in [0, 0.1) is 11.3 Å². The molecular weight excluding hydrogens is 238 g/mol. The van der Waals surface area contributed by atoms with E-state index >= 15 is 0 Å². The highest BCUT2D eigenvalue weighted by Crippen LogP contribution is 2.44. The fourth-order valence-corrected chi connectivity index (χ4v) is 2.67. The number of amides is 1. The zero-order valence-electron chi connectivity index (χ0n) is 13.3. The molecule has 3 heteroatoms. The van der Waals surface area contributed by atoms with Crippen LogP contribution in [0.1, 0.15) is 61.3 Å². The van der Waals surface area contributed by atoms with Crippen LogP contribution in [0.25, 0.3) is 0 Å². The molecule has 1 fully saturated rings. The van der Waals surface area contributed by atoms with Gasteiger partial charge in [0, 0.05) is 23.5 Å². The fourth-order valence-electron chi connectivity index (χ4n) is 2.67. The molecule has 3 nitrogen and oxygen atoms in total. The van der Waals surface area contributed by atoms with E-state index in [0.717, 1.165) is 12.1 Å². The van der Waals surface area contributed by atoms with Gasteiger partial charge in [0.15, 0.2) is 0 Å². The summed E-state index contributed by atoms with van der Waals surface area (Å²) >= 11 is 0. The highest BCUT2D eigenvalue weighted by Gasteiger charge is 2.50. The van der Waals surface area contributed by atoms with E-state index in [4.69, 9.17) is 0 Å². The molecule has 0 saturated carbocycles. The van der Waals surface area contributed by atoms with Crippen LogP contribution in [0.2, 0.25) is 0 Å². The van der Waals surface area contributed by atoms with Gasteiger partial charge in [-0.25, -0.2) is 0 Å². The molecule has 1 amide bonds. The monoisotopic (exact) mass is 265 g/mol. The second-order valence-corrected chi connectivity index (χ2v) is 6.61. The number of hydrogen-bond donors (Lipinski definition) is 0. The molecule has 1 saturated heterocycles. The first-order chi connectivity index (χ1) is 8.57. The number of rotatable bonds is 4. The molecule has 1 atom stereocenters. The molecule has 0 radical (unpaired) electrons. The van der Waals surface area contributed by atoms with Crippen LogP contribution in [-0.2, 0) is 9.59 Å². The van der Waals surface area contributed by atoms with Gasteiger partial charge < -0.3 is 4.90 Å². The lowest BCUT2D eigenvalue weighted by Crippen LogP contribution is -2.56. The molecule has 19 heavy (non-hydrogen) atoms. The lowest BCUT2D eigenvalue weighted by Gasteiger charge is -2.47. The molecule has 0 N–H and O–H groups in total. The van der Waals surface area contributed by atoms with Crippen molar-refractivity contribution in [3.8, 4) is 0 Å². The normalized spacial score (nSPS) is 23.3. The maximum atomic E-state index is 12.4. The molecule has 1 aliphatic rings. The van der Waals surface area contributed by atoms with Crippen molar-refractivity contribution in [2.24, 2.45) is 11.3 Å². The van der Waals surface area contributed by atoms with Crippen molar-refractivity contribution >= 4 is 11.7 Å². The van der Waals surface area contributed by atoms with E-state index in [1.54, 1.807) is 6.92 Å². The lowest BCUT2D eigenvalue weighted by molar-refractivity contribution is -0.140. The third-order valence-electron chi connectivity index (χ3n) is 4.88. The minimum absolute atomic E-state index is 0.112. The predicted octanol–water partition coefficient (Wildman–Crippen LogP) is 3.54. The van der Waals surface area contributed by atoms with Crippen molar-refractivity contribution in [1.82, 2.24) is 4.90 Å². The second kappa shape index (κ2) is 5.10. The van der Waals surface area contributed by atoms with Crippen LogP contribution in [0.4, 0.5) is 0 Å². The molecule has 0 aromatic carbocycles. The first kappa shape index (κ1) is 15.9. The van der Waals surface area contributed by atoms with E-state index in [-0.39, 0.29) is 17.6 Å². The number of likely N-dealkylation sites (tertiary alicyclic amines) is 1. The summed E-state index contributed by atoms with van der Waals surface area (Å²) in [5, 5.41) is 0. The number of ketones is 1. The second-order valence-electron chi connectivity index (χ2n) is 6.61. The zero-order valence-corrected chi connectivity index (χ0v) is 13.3. The minimum atomic E-state index is -0.570. The highest BCUT2D eigenvalue weighted by molar-refractivity contribution is 5.87. The summed E-state index contributed by atoms with van der Waals surface area (Å²) < 4.78 is 0. The van der Waals surface area contributed by atoms with Gasteiger partial charge in [-0.05, 0) is 27.2 Å². The lowest BCUT2D eigenvalue weighted by atomic mass is 9.70. The van der Waals surface area contributed by atoms with Crippen molar-refractivity contribution in [2.75, 3.05) is 0 Å². The van der Waals surface area contributed by atoms with Gasteiger partial charge >= 0.3 is 0 Å². The van der Waals surface area contributed by atoms with Crippen molar-refractivity contribution < 1.29 is 9.59 Å². The first-order valence-electron chi connectivity index (χ1n) is 7.11. The van der Waals surface area contributed by atoms with Crippen LogP contribution in [-0.4, -0.2) is 22.1 Å². The SMILES string of the molecule is CC/C=C1/C(C)CC(=O)N1C(C)(C)C(C)(C)C(C)=O. The van der Waals surface area contributed by atoms with E-state index < -0.39 is 11.0 Å². The van der Waals surface area contributed by atoms with Crippen LogP contribution in [0.15, 0.2) is 11.8 Å². The van der Waals surface area contributed by atoms with Crippen molar-refractivity contribution in [1.29, 1.82) is 0 Å². The largest absolute Gasteiger partial charge is 0.310 e. The summed E-state index contributed by atoms with van der Waals surface area (Å²) in [6, 6.07) is 0. The van der Waals surface area contributed by atoms with Crippen LogP contribution in [0.5, 0.6) is 0 Å². The Morgan fingerprint density at radius 1 is 1.37 bits per heavy atom. The van der Waals surface area contributed by atoms with Gasteiger partial charge in [0.2, 0.25) is 5.91 Å². The zero-order chi connectivity index (χ0) is 15.0. The number of Topliss-reactive ketones (excluding diaryl/α,β-unsaturated/α-hetero) is 1. The number of nitrogens with zero attached hydrogens (tertiary/aromatic N) is 1. The smallest absolute Gasteiger partial charge is 0.227 e. The van der Waals surface area contributed by atoms with Gasteiger partial charge in [-0.1, -0.05) is 33.8 Å². The summed E-state index contributed by atoms with van der Waals surface area (Å²) in [5.41, 5.74) is -0.00635. The van der Waals surface area contributed by atoms with E-state index in [0.29, 0.717) is 6.42 Å². The Morgan fingerprint density at radius 3 is 2.32 bits per heavy atom. The fraction of sp³-hybridized carbons (Fsp3) is 0.750. The molecule has 0 spiro atoms. The Labute approximate surface area is 117 Å². The van der Waals surface area contributed by atoms with Gasteiger partial charge in [0.25, 0.3) is 0 Å². The molecule has 1 unspecified atom stereocenters. The van der Waals surface area contributed by atoms with Crippen LogP contribution in [0.3, 0.4) is 0 Å². The van der Waals surface area contributed by atoms with Gasteiger partial charge in [0.05, 0.1) is 5.54 Å². The highest BCUT2D eigenvalue weighted by atomic mass is 16.2. The van der Waals surface area contributed by atoms with E-state index in [9.17, 15) is 9.59 Å². The Balaban J connectivity index is 3.29. The topological polar surface area (TPSA) is 37.4 Å². The Bertz CT molecular complexity index is 418. The van der Waals surface area contributed by atoms with Crippen molar-refractivity contribution in [3.63, 3.8) is 0 Å². The first-order valence-corrected chi connectivity index (χ1v) is 7.11. The molecule has 0 aromatic rings. The molecule has 108 valence electrons. The molecule has 0 aliphatic carbocycles. The third kappa shape index (κ3) is 2.47. The number of carbonyl (C=O) groups is 2. The molecule has 0 bridgehead atoms. The van der Waals surface area contributed by atoms with Crippen LogP contribution < -0.4 is 0 Å². The Morgan fingerprint density at radius 2 is 1.89 bits per heavy atom. The van der Waals surface area contributed by atoms with E-state index in [1.807, 2.05) is 32.6 Å². The molecule has 1 aliphatic heterocycles. The van der Waals surface area contributed by atoms with Crippen molar-refractivity contribution in [2.45, 2.75) is 66.8 Å². The average Bonchev–Trinajstić information content (AvgIpc) is 2.54. The van der Waals surface area contributed by atoms with E-state index in [2.05, 4.69) is 19.9 Å². The van der Waals surface area contributed by atoms with Crippen molar-refractivity contribution in [3.05, 3.63) is 11.8 Å².